The van der Waals surface area contributed by atoms with E-state index in [1.807, 2.05) is 0 Å². The smallest absolute Gasteiger partial charge is 0.330 e. The van der Waals surface area contributed by atoms with Gasteiger partial charge in [0.1, 0.15) is 6.04 Å². The molecule has 4 N–H and O–H groups in total. The van der Waals surface area contributed by atoms with Crippen LogP contribution in [0.2, 0.25) is 0 Å². The minimum absolute atomic E-state index is 0.209. The Morgan fingerprint density at radius 1 is 1.47 bits per heavy atom. The van der Waals surface area contributed by atoms with Gasteiger partial charge in [-0.25, -0.2) is 4.79 Å². The molecule has 7 heteroatoms. The first-order chi connectivity index (χ1) is 6.97. The summed E-state index contributed by atoms with van der Waals surface area (Å²) in [5.74, 6) is -2.50. The Morgan fingerprint density at radius 3 is 2.53 bits per heavy atom. The van der Waals surface area contributed by atoms with Gasteiger partial charge in [-0.05, 0) is 0 Å². The topological polar surface area (TPSA) is 119 Å². The van der Waals surface area contributed by atoms with Crippen LogP contribution in [-0.4, -0.2) is 42.6 Å². The zero-order chi connectivity index (χ0) is 11.8. The Bertz CT molecular complexity index is 287. The van der Waals surface area contributed by atoms with E-state index in [0.717, 1.165) is 12.2 Å². The number of ether oxygens (including phenoxy) is 1. The second-order valence-electron chi connectivity index (χ2n) is 2.55. The summed E-state index contributed by atoms with van der Waals surface area (Å²) in [6.45, 7) is -0.209. The third-order valence-electron chi connectivity index (χ3n) is 1.39. The number of hydrogen-bond donors (Lipinski definition) is 3. The van der Waals surface area contributed by atoms with Gasteiger partial charge >= 0.3 is 11.9 Å². The molecule has 84 valence electrons. The van der Waals surface area contributed by atoms with Gasteiger partial charge in [0.15, 0.2) is 0 Å². The van der Waals surface area contributed by atoms with Crippen molar-refractivity contribution in [2.45, 2.75) is 6.04 Å². The molecule has 0 aliphatic heterocycles. The Labute approximate surface area is 85.9 Å². The number of esters is 1. The Kier molecular flexibility index (Phi) is 5.72. The molecule has 0 aliphatic rings. The van der Waals surface area contributed by atoms with Crippen molar-refractivity contribution in [2.24, 2.45) is 5.73 Å². The molecule has 0 spiro atoms. The van der Waals surface area contributed by atoms with Crippen LogP contribution in [0.25, 0.3) is 0 Å². The van der Waals surface area contributed by atoms with Crippen LogP contribution >= 0.6 is 0 Å². The van der Waals surface area contributed by atoms with Gasteiger partial charge in [-0.1, -0.05) is 0 Å². The summed E-state index contributed by atoms with van der Waals surface area (Å²) in [7, 11) is 1.17. The quantitative estimate of drug-likeness (QED) is 0.370. The number of nitrogens with one attached hydrogen (secondary N) is 1. The van der Waals surface area contributed by atoms with E-state index in [1.165, 1.54) is 7.11 Å². The maximum Gasteiger partial charge on any atom is 0.330 e. The number of methoxy groups -OCH3 is 1. The molecule has 0 aromatic carbocycles. The van der Waals surface area contributed by atoms with Crippen LogP contribution in [-0.2, 0) is 19.1 Å². The third-order valence-corrected chi connectivity index (χ3v) is 1.39. The number of rotatable bonds is 5. The van der Waals surface area contributed by atoms with Gasteiger partial charge in [-0.15, -0.1) is 0 Å². The average molecular weight is 216 g/mol. The van der Waals surface area contributed by atoms with Gasteiger partial charge in [0.2, 0.25) is 5.91 Å². The summed E-state index contributed by atoms with van der Waals surface area (Å²) in [6, 6.07) is -1.17. The lowest BCUT2D eigenvalue weighted by Crippen LogP contribution is -2.42. The highest BCUT2D eigenvalue weighted by atomic mass is 16.5. The molecular formula is C8H12N2O5. The Balaban J connectivity index is 3.90. The van der Waals surface area contributed by atoms with Gasteiger partial charge < -0.3 is 20.9 Å². The lowest BCUT2D eigenvalue weighted by atomic mass is 10.3. The predicted molar refractivity (Wildman–Crippen MR) is 49.8 cm³/mol. The molecule has 0 aromatic heterocycles. The second-order valence-corrected chi connectivity index (χ2v) is 2.55. The molecule has 0 saturated carbocycles. The molecular weight excluding hydrogens is 204 g/mol. The van der Waals surface area contributed by atoms with Crippen LogP contribution in [0.4, 0.5) is 0 Å². The van der Waals surface area contributed by atoms with Crippen molar-refractivity contribution in [3.8, 4) is 0 Å². The standard InChI is InChI=1S/C8H12N2O5/c1-15-7(12)3-2-6(11)10-4-5(9)8(13)14/h2-3,5H,4,9H2,1H3,(H,10,11)(H,13,14)/b3-2-/t5-/m0/s1. The molecule has 0 aliphatic carbocycles. The van der Waals surface area contributed by atoms with Gasteiger partial charge in [0, 0.05) is 18.7 Å². The van der Waals surface area contributed by atoms with E-state index < -0.39 is 23.9 Å². The molecule has 0 saturated heterocycles. The van der Waals surface area contributed by atoms with Crippen LogP contribution in [0.15, 0.2) is 12.2 Å². The van der Waals surface area contributed by atoms with Crippen molar-refractivity contribution >= 4 is 17.8 Å². The van der Waals surface area contributed by atoms with E-state index in [9.17, 15) is 14.4 Å². The van der Waals surface area contributed by atoms with Crippen molar-refractivity contribution in [3.63, 3.8) is 0 Å². The van der Waals surface area contributed by atoms with Crippen LogP contribution in [0.1, 0.15) is 0 Å². The van der Waals surface area contributed by atoms with Crippen molar-refractivity contribution in [3.05, 3.63) is 12.2 Å². The maximum absolute atomic E-state index is 10.9. The largest absolute Gasteiger partial charge is 0.480 e. The minimum atomic E-state index is -1.22. The zero-order valence-corrected chi connectivity index (χ0v) is 8.10. The lowest BCUT2D eigenvalue weighted by molar-refractivity contribution is -0.138. The van der Waals surface area contributed by atoms with Crippen molar-refractivity contribution in [1.82, 2.24) is 5.32 Å². The summed E-state index contributed by atoms with van der Waals surface area (Å²) >= 11 is 0. The highest BCUT2D eigenvalue weighted by Crippen LogP contribution is 1.80. The van der Waals surface area contributed by atoms with Gasteiger partial charge in [-0.3, -0.25) is 9.59 Å². The first kappa shape index (κ1) is 13.1. The number of hydrogen-bond acceptors (Lipinski definition) is 5. The van der Waals surface area contributed by atoms with E-state index in [-0.39, 0.29) is 6.54 Å². The lowest BCUT2D eigenvalue weighted by Gasteiger charge is -2.05. The monoisotopic (exact) mass is 216 g/mol. The highest BCUT2D eigenvalue weighted by molar-refractivity contribution is 5.94. The SMILES string of the molecule is COC(=O)/C=C\C(=O)NC[C@H](N)C(=O)O. The van der Waals surface area contributed by atoms with Crippen molar-refractivity contribution < 1.29 is 24.2 Å². The normalized spacial score (nSPS) is 12.1. The van der Waals surface area contributed by atoms with Gasteiger partial charge in [0.25, 0.3) is 0 Å². The van der Waals surface area contributed by atoms with Crippen LogP contribution < -0.4 is 11.1 Å². The zero-order valence-electron chi connectivity index (χ0n) is 8.10. The number of aliphatic carboxylic acids is 1. The summed E-state index contributed by atoms with van der Waals surface area (Å²) in [4.78, 5) is 31.7. The molecule has 0 aromatic rings. The Morgan fingerprint density at radius 2 is 2.07 bits per heavy atom. The highest BCUT2D eigenvalue weighted by Gasteiger charge is 2.11. The molecule has 7 nitrogen and oxygen atoms in total. The first-order valence-corrected chi connectivity index (χ1v) is 3.99. The van der Waals surface area contributed by atoms with E-state index in [2.05, 4.69) is 10.1 Å². The average Bonchev–Trinajstić information content (AvgIpc) is 2.21. The second kappa shape index (κ2) is 6.55. The van der Waals surface area contributed by atoms with Crippen molar-refractivity contribution in [2.75, 3.05) is 13.7 Å². The fourth-order valence-corrected chi connectivity index (χ4v) is 0.569. The molecule has 0 fully saturated rings. The molecule has 0 unspecified atom stereocenters. The van der Waals surface area contributed by atoms with Gasteiger partial charge in [0.05, 0.1) is 7.11 Å². The molecule has 0 radical (unpaired) electrons. The van der Waals surface area contributed by atoms with Crippen LogP contribution in [0.3, 0.4) is 0 Å². The predicted octanol–water partition coefficient (Wildman–Crippen LogP) is -1.76. The maximum atomic E-state index is 10.9. The number of carboxylic acid groups (broad SMARTS) is 1. The number of amides is 1. The fourth-order valence-electron chi connectivity index (χ4n) is 0.569. The van der Waals surface area contributed by atoms with Crippen LogP contribution in [0.5, 0.6) is 0 Å². The van der Waals surface area contributed by atoms with Gasteiger partial charge in [-0.2, -0.15) is 0 Å². The number of nitrogens with two attached hydrogens (primary N) is 1. The summed E-state index contributed by atoms with van der Waals surface area (Å²) in [5.41, 5.74) is 5.12. The summed E-state index contributed by atoms with van der Waals surface area (Å²) in [5, 5.41) is 10.6. The molecule has 0 bridgehead atoms. The molecule has 1 atom stereocenters. The summed E-state index contributed by atoms with van der Waals surface area (Å²) in [6.07, 6.45) is 1.85. The van der Waals surface area contributed by atoms with E-state index in [4.69, 9.17) is 10.8 Å². The van der Waals surface area contributed by atoms with E-state index >= 15 is 0 Å². The van der Waals surface area contributed by atoms with E-state index in [0.29, 0.717) is 0 Å². The van der Waals surface area contributed by atoms with Crippen LogP contribution in [0, 0.1) is 0 Å². The number of carboxylic acids is 1. The minimum Gasteiger partial charge on any atom is -0.480 e. The summed E-state index contributed by atoms with van der Waals surface area (Å²) < 4.78 is 4.24. The Hall–Kier alpha value is -1.89. The number of carbonyl (C=O) groups is 3. The van der Waals surface area contributed by atoms with E-state index in [1.54, 1.807) is 0 Å². The molecule has 0 heterocycles. The first-order valence-electron chi connectivity index (χ1n) is 3.99. The molecule has 15 heavy (non-hydrogen) atoms. The third kappa shape index (κ3) is 6.22. The fraction of sp³-hybridized carbons (Fsp3) is 0.375. The number of carbonyl (C=O) groups excluding carboxylic acids is 2. The van der Waals surface area contributed by atoms with Crippen molar-refractivity contribution in [1.29, 1.82) is 0 Å². The molecule has 0 rings (SSSR count). The molecule has 1 amide bonds.